The minimum absolute atomic E-state index is 0.732. The van der Waals surface area contributed by atoms with Crippen molar-refractivity contribution in [3.05, 3.63) is 35.5 Å². The van der Waals surface area contributed by atoms with Gasteiger partial charge in [0.15, 0.2) is 5.96 Å². The van der Waals surface area contributed by atoms with Crippen molar-refractivity contribution in [2.75, 3.05) is 39.8 Å². The van der Waals surface area contributed by atoms with E-state index in [-0.39, 0.29) is 0 Å². The molecule has 1 aliphatic heterocycles. The van der Waals surface area contributed by atoms with Crippen molar-refractivity contribution in [1.82, 2.24) is 20.5 Å². The van der Waals surface area contributed by atoms with Gasteiger partial charge in [0.25, 0.3) is 0 Å². The van der Waals surface area contributed by atoms with Gasteiger partial charge in [-0.3, -0.25) is 4.99 Å². The second-order valence-corrected chi connectivity index (χ2v) is 7.04. The number of hydrogen-bond donors (Lipinski definition) is 3. The summed E-state index contributed by atoms with van der Waals surface area (Å²) in [5.41, 5.74) is 3.86. The highest BCUT2D eigenvalue weighted by Gasteiger charge is 2.20. The van der Waals surface area contributed by atoms with E-state index in [4.69, 9.17) is 0 Å². The van der Waals surface area contributed by atoms with Gasteiger partial charge in [-0.15, -0.1) is 0 Å². The van der Waals surface area contributed by atoms with E-state index in [1.807, 2.05) is 7.05 Å². The maximum Gasteiger partial charge on any atom is 0.190 e. The van der Waals surface area contributed by atoms with Crippen LogP contribution in [0, 0.1) is 12.8 Å². The lowest BCUT2D eigenvalue weighted by Gasteiger charge is -2.16. The molecule has 3 N–H and O–H groups in total. The lowest BCUT2D eigenvalue weighted by atomic mass is 10.1. The van der Waals surface area contributed by atoms with Crippen LogP contribution in [-0.2, 0) is 6.42 Å². The summed E-state index contributed by atoms with van der Waals surface area (Å²) in [5, 5.41) is 8.25. The van der Waals surface area contributed by atoms with Crippen LogP contribution in [0.3, 0.4) is 0 Å². The normalized spacial score (nSPS) is 18.8. The van der Waals surface area contributed by atoms with Gasteiger partial charge in [0.1, 0.15) is 0 Å². The van der Waals surface area contributed by atoms with Crippen LogP contribution in [0.25, 0.3) is 10.9 Å². The third-order valence-electron chi connectivity index (χ3n) is 5.21. The first-order chi connectivity index (χ1) is 12.2. The van der Waals surface area contributed by atoms with E-state index < -0.39 is 0 Å². The molecule has 0 aliphatic carbocycles. The molecule has 1 aliphatic rings. The van der Waals surface area contributed by atoms with Crippen LogP contribution in [0.15, 0.2) is 29.4 Å². The second kappa shape index (κ2) is 8.39. The number of hydrogen-bond acceptors (Lipinski definition) is 2. The molecular weight excluding hydrogens is 310 g/mol. The molecule has 25 heavy (non-hydrogen) atoms. The third kappa shape index (κ3) is 4.54. The Morgan fingerprint density at radius 3 is 3.00 bits per heavy atom. The average Bonchev–Trinajstić information content (AvgIpc) is 3.24. The summed E-state index contributed by atoms with van der Waals surface area (Å²) >= 11 is 0. The molecule has 1 atom stereocenters. The molecule has 3 rings (SSSR count). The van der Waals surface area contributed by atoms with Crippen molar-refractivity contribution >= 4 is 16.9 Å². The summed E-state index contributed by atoms with van der Waals surface area (Å²) in [4.78, 5) is 10.2. The zero-order valence-corrected chi connectivity index (χ0v) is 15.7. The maximum absolute atomic E-state index is 4.35. The van der Waals surface area contributed by atoms with Gasteiger partial charge in [-0.05, 0) is 56.0 Å². The Labute approximate surface area is 150 Å². The van der Waals surface area contributed by atoms with Gasteiger partial charge < -0.3 is 20.5 Å². The van der Waals surface area contributed by atoms with Crippen molar-refractivity contribution in [3.63, 3.8) is 0 Å². The minimum atomic E-state index is 0.732. The highest BCUT2D eigenvalue weighted by Crippen LogP contribution is 2.19. The molecule has 5 heteroatoms. The topological polar surface area (TPSA) is 55.4 Å². The molecule has 1 saturated heterocycles. The van der Waals surface area contributed by atoms with Crippen molar-refractivity contribution in [1.29, 1.82) is 0 Å². The second-order valence-electron chi connectivity index (χ2n) is 7.04. The summed E-state index contributed by atoms with van der Waals surface area (Å²) in [6.45, 7) is 9.84. The number of aliphatic imine (C=N–C) groups is 1. The van der Waals surface area contributed by atoms with E-state index in [1.54, 1.807) is 0 Å². The van der Waals surface area contributed by atoms with Crippen molar-refractivity contribution in [3.8, 4) is 0 Å². The van der Waals surface area contributed by atoms with Crippen molar-refractivity contribution in [2.45, 2.75) is 26.7 Å². The Kier molecular flexibility index (Phi) is 5.97. The van der Waals surface area contributed by atoms with E-state index in [2.05, 4.69) is 63.8 Å². The molecule has 1 fully saturated rings. The first-order valence-corrected chi connectivity index (χ1v) is 9.43. The third-order valence-corrected chi connectivity index (χ3v) is 5.21. The van der Waals surface area contributed by atoms with Crippen molar-refractivity contribution in [2.24, 2.45) is 10.9 Å². The molecule has 0 saturated carbocycles. The van der Waals surface area contributed by atoms with E-state index in [0.717, 1.165) is 37.9 Å². The molecular formula is C20H31N5. The Bertz CT molecular complexity index is 718. The van der Waals surface area contributed by atoms with Crippen LogP contribution in [0.1, 0.15) is 24.5 Å². The zero-order valence-electron chi connectivity index (χ0n) is 15.7. The fraction of sp³-hybridized carbons (Fsp3) is 0.550. The number of fused-ring (bicyclic) bond motifs is 1. The lowest BCUT2D eigenvalue weighted by molar-refractivity contribution is 0.342. The van der Waals surface area contributed by atoms with Gasteiger partial charge >= 0.3 is 0 Å². The highest BCUT2D eigenvalue weighted by molar-refractivity contribution is 5.84. The molecule has 0 bridgehead atoms. The highest BCUT2D eigenvalue weighted by atomic mass is 15.2. The van der Waals surface area contributed by atoms with Crippen LogP contribution in [-0.4, -0.2) is 55.6 Å². The number of benzene rings is 1. The summed E-state index contributed by atoms with van der Waals surface area (Å²) in [6.07, 6.45) is 4.39. The molecule has 5 nitrogen and oxygen atoms in total. The molecule has 0 spiro atoms. The Morgan fingerprint density at radius 2 is 2.24 bits per heavy atom. The summed E-state index contributed by atoms with van der Waals surface area (Å²) < 4.78 is 0. The number of likely N-dealkylation sites (tertiary alicyclic amines) is 1. The van der Waals surface area contributed by atoms with Gasteiger partial charge in [0.2, 0.25) is 0 Å². The van der Waals surface area contributed by atoms with Gasteiger partial charge in [-0.1, -0.05) is 19.1 Å². The van der Waals surface area contributed by atoms with Crippen LogP contribution in [0.5, 0.6) is 0 Å². The van der Waals surface area contributed by atoms with Gasteiger partial charge in [0, 0.05) is 43.8 Å². The maximum atomic E-state index is 4.35. The summed E-state index contributed by atoms with van der Waals surface area (Å²) in [5.74, 6) is 1.64. The number of nitrogens with zero attached hydrogens (tertiary/aromatic N) is 2. The van der Waals surface area contributed by atoms with Crippen LogP contribution in [0.4, 0.5) is 0 Å². The zero-order chi connectivity index (χ0) is 17.6. The largest absolute Gasteiger partial charge is 0.361 e. The number of guanidine groups is 1. The van der Waals surface area contributed by atoms with Gasteiger partial charge in [-0.25, -0.2) is 0 Å². The predicted molar refractivity (Wildman–Crippen MR) is 106 cm³/mol. The van der Waals surface area contributed by atoms with E-state index >= 15 is 0 Å². The number of nitrogens with one attached hydrogen (secondary N) is 3. The molecule has 2 heterocycles. The predicted octanol–water partition coefficient (Wildman–Crippen LogP) is 2.53. The number of rotatable bonds is 6. The fourth-order valence-corrected chi connectivity index (χ4v) is 3.65. The molecule has 2 aromatic rings. The molecule has 1 aromatic heterocycles. The Morgan fingerprint density at radius 1 is 1.36 bits per heavy atom. The number of H-pyrrole nitrogens is 1. The van der Waals surface area contributed by atoms with Crippen LogP contribution >= 0.6 is 0 Å². The molecule has 0 amide bonds. The van der Waals surface area contributed by atoms with Crippen molar-refractivity contribution < 1.29 is 0 Å². The monoisotopic (exact) mass is 341 g/mol. The number of aromatic amines is 1. The van der Waals surface area contributed by atoms with Gasteiger partial charge in [-0.2, -0.15) is 0 Å². The molecule has 0 radical (unpaired) electrons. The Balaban J connectivity index is 1.45. The Hall–Kier alpha value is -2.01. The van der Waals surface area contributed by atoms with Gasteiger partial charge in [0.05, 0.1) is 0 Å². The molecule has 136 valence electrons. The fourth-order valence-electron chi connectivity index (χ4n) is 3.65. The van der Waals surface area contributed by atoms with E-state index in [1.165, 1.54) is 41.5 Å². The quantitative estimate of drug-likeness (QED) is 0.559. The SMILES string of the molecule is CCN1CCC(CNC(=NC)NCCc2c[nH]c3cc(C)ccc23)C1. The molecule has 1 aromatic carbocycles. The number of aryl methyl sites for hydroxylation is 1. The van der Waals surface area contributed by atoms with E-state index in [0.29, 0.717) is 0 Å². The minimum Gasteiger partial charge on any atom is -0.361 e. The average molecular weight is 342 g/mol. The lowest BCUT2D eigenvalue weighted by Crippen LogP contribution is -2.41. The molecule has 1 unspecified atom stereocenters. The van der Waals surface area contributed by atoms with E-state index in [9.17, 15) is 0 Å². The van der Waals surface area contributed by atoms with Crippen LogP contribution in [0.2, 0.25) is 0 Å². The first-order valence-electron chi connectivity index (χ1n) is 9.43. The standard InChI is InChI=1S/C20H31N5/c1-4-25-10-8-16(14-25)12-24-20(21-3)22-9-7-17-13-23-19-11-15(2)5-6-18(17)19/h5-6,11,13,16,23H,4,7-10,12,14H2,1-3H3,(H2,21,22,24). The summed E-state index contributed by atoms with van der Waals surface area (Å²) in [7, 11) is 1.84. The summed E-state index contributed by atoms with van der Waals surface area (Å²) in [6, 6.07) is 6.59. The first kappa shape index (κ1) is 17.8. The number of aromatic nitrogens is 1. The smallest absolute Gasteiger partial charge is 0.190 e. The van der Waals surface area contributed by atoms with Crippen LogP contribution < -0.4 is 10.6 Å².